The van der Waals surface area contributed by atoms with E-state index in [0.29, 0.717) is 11.6 Å². The third-order valence-corrected chi connectivity index (χ3v) is 4.54. The summed E-state index contributed by atoms with van der Waals surface area (Å²) in [7, 11) is 1.80. The summed E-state index contributed by atoms with van der Waals surface area (Å²) in [5.41, 5.74) is 0.871. The highest BCUT2D eigenvalue weighted by atomic mass is 32.2. The van der Waals surface area contributed by atoms with Crippen molar-refractivity contribution in [3.05, 3.63) is 11.8 Å². The van der Waals surface area contributed by atoms with Gasteiger partial charge >= 0.3 is 0 Å². The van der Waals surface area contributed by atoms with E-state index in [4.69, 9.17) is 0 Å². The molecule has 0 aromatic carbocycles. The van der Waals surface area contributed by atoms with Crippen LogP contribution in [0.2, 0.25) is 0 Å². The second kappa shape index (κ2) is 7.41. The van der Waals surface area contributed by atoms with Gasteiger partial charge in [-0.2, -0.15) is 5.10 Å². The minimum atomic E-state index is -0.0822. The molecule has 0 fully saturated rings. The van der Waals surface area contributed by atoms with Gasteiger partial charge < -0.3 is 10.6 Å². The number of carbonyl (C=O) groups excluding carboxylic acids is 1. The van der Waals surface area contributed by atoms with Crippen molar-refractivity contribution in [2.45, 2.75) is 24.6 Å². The number of anilines is 2. The van der Waals surface area contributed by atoms with E-state index < -0.39 is 0 Å². The molecule has 1 amide bonds. The maximum absolute atomic E-state index is 11.9. The predicted octanol–water partition coefficient (Wildman–Crippen LogP) is 2.13. The molecule has 0 aliphatic heterocycles. The number of thioether (sulfide) groups is 1. The second-order valence-corrected chi connectivity index (χ2v) is 6.63. The van der Waals surface area contributed by atoms with Crippen molar-refractivity contribution >= 4 is 40.0 Å². The normalized spacial score (nSPS) is 10.6. The lowest BCUT2D eigenvalue weighted by Crippen LogP contribution is -2.16. The molecule has 2 aromatic rings. The van der Waals surface area contributed by atoms with Crippen LogP contribution < -0.4 is 10.6 Å². The van der Waals surface area contributed by atoms with Crippen molar-refractivity contribution in [3.8, 4) is 0 Å². The first kappa shape index (κ1) is 15.8. The molecule has 0 spiro atoms. The second-order valence-electron chi connectivity index (χ2n) is 4.43. The number of amides is 1. The van der Waals surface area contributed by atoms with E-state index in [1.807, 2.05) is 13.0 Å². The fourth-order valence-corrected chi connectivity index (χ4v) is 3.18. The molecule has 2 aromatic heterocycles. The molecule has 0 saturated heterocycles. The lowest BCUT2D eigenvalue weighted by molar-refractivity contribution is -0.113. The molecule has 2 rings (SSSR count). The lowest BCUT2D eigenvalue weighted by Gasteiger charge is -2.03. The van der Waals surface area contributed by atoms with Crippen LogP contribution in [0, 0.1) is 6.92 Å². The number of nitrogens with zero attached hydrogens (tertiary/aromatic N) is 4. The van der Waals surface area contributed by atoms with E-state index in [1.54, 1.807) is 11.7 Å². The first-order chi connectivity index (χ1) is 10.1. The van der Waals surface area contributed by atoms with Crippen molar-refractivity contribution in [2.75, 3.05) is 22.9 Å². The Morgan fingerprint density at radius 2 is 2.29 bits per heavy atom. The van der Waals surface area contributed by atoms with Crippen LogP contribution in [0.4, 0.5) is 10.9 Å². The molecule has 0 radical (unpaired) electrons. The van der Waals surface area contributed by atoms with Crippen molar-refractivity contribution in [1.82, 2.24) is 20.0 Å². The number of aryl methyl sites for hydroxylation is 2. The van der Waals surface area contributed by atoms with Gasteiger partial charge in [0.2, 0.25) is 11.0 Å². The molecule has 0 aliphatic rings. The van der Waals surface area contributed by atoms with Gasteiger partial charge in [-0.25, -0.2) is 0 Å². The van der Waals surface area contributed by atoms with Crippen LogP contribution in [0.3, 0.4) is 0 Å². The molecule has 0 aliphatic carbocycles. The number of hydrogen-bond donors (Lipinski definition) is 2. The van der Waals surface area contributed by atoms with E-state index in [0.717, 1.165) is 28.1 Å². The Kier molecular flexibility index (Phi) is 5.57. The van der Waals surface area contributed by atoms with Gasteiger partial charge in [0, 0.05) is 19.7 Å². The Hall–Kier alpha value is -1.61. The van der Waals surface area contributed by atoms with Gasteiger partial charge in [0.15, 0.2) is 4.34 Å². The van der Waals surface area contributed by atoms with Gasteiger partial charge in [-0.15, -0.1) is 10.2 Å². The lowest BCUT2D eigenvalue weighted by atomic mass is 10.4. The van der Waals surface area contributed by atoms with Crippen LogP contribution in [0.25, 0.3) is 0 Å². The van der Waals surface area contributed by atoms with E-state index in [-0.39, 0.29) is 5.91 Å². The topological polar surface area (TPSA) is 84.7 Å². The van der Waals surface area contributed by atoms with Crippen LogP contribution in [0.5, 0.6) is 0 Å². The van der Waals surface area contributed by atoms with Gasteiger partial charge in [-0.05, 0) is 13.3 Å². The zero-order valence-corrected chi connectivity index (χ0v) is 13.8. The quantitative estimate of drug-likeness (QED) is 0.758. The standard InChI is InChI=1S/C12H18N6OS2/c1-4-5-13-11-15-16-12(21-11)20-7-10(19)14-9-6-8(2)17-18(9)3/h6H,4-5,7H2,1-3H3,(H,13,15)(H,14,19). The monoisotopic (exact) mass is 326 g/mol. The molecule has 2 N–H and O–H groups in total. The Labute approximate surface area is 131 Å². The zero-order chi connectivity index (χ0) is 15.2. The van der Waals surface area contributed by atoms with E-state index in [1.165, 1.54) is 23.1 Å². The first-order valence-electron chi connectivity index (χ1n) is 6.59. The minimum Gasteiger partial charge on any atom is -0.360 e. The first-order valence-corrected chi connectivity index (χ1v) is 8.39. The van der Waals surface area contributed by atoms with Gasteiger partial charge in [-0.3, -0.25) is 9.48 Å². The summed E-state index contributed by atoms with van der Waals surface area (Å²) in [6.45, 7) is 4.85. The molecule has 21 heavy (non-hydrogen) atoms. The summed E-state index contributed by atoms with van der Waals surface area (Å²) in [6.07, 6.45) is 1.04. The molecular formula is C12H18N6OS2. The highest BCUT2D eigenvalue weighted by Gasteiger charge is 2.10. The average Bonchev–Trinajstić information content (AvgIpc) is 3.01. The Balaban J connectivity index is 1.81. The Morgan fingerprint density at radius 3 is 2.95 bits per heavy atom. The van der Waals surface area contributed by atoms with Gasteiger partial charge in [-0.1, -0.05) is 30.0 Å². The van der Waals surface area contributed by atoms with Gasteiger partial charge in [0.1, 0.15) is 5.82 Å². The molecule has 0 saturated carbocycles. The summed E-state index contributed by atoms with van der Waals surface area (Å²) < 4.78 is 2.43. The van der Waals surface area contributed by atoms with Crippen LogP contribution in [-0.2, 0) is 11.8 Å². The van der Waals surface area contributed by atoms with E-state index >= 15 is 0 Å². The van der Waals surface area contributed by atoms with Crippen LogP contribution in [0.1, 0.15) is 19.0 Å². The number of carbonyl (C=O) groups is 1. The SMILES string of the molecule is CCCNc1nnc(SCC(=O)Nc2cc(C)nn2C)s1. The van der Waals surface area contributed by atoms with E-state index in [2.05, 4.69) is 32.9 Å². The predicted molar refractivity (Wildman–Crippen MR) is 86.0 cm³/mol. The maximum Gasteiger partial charge on any atom is 0.235 e. The van der Waals surface area contributed by atoms with Crippen molar-refractivity contribution in [1.29, 1.82) is 0 Å². The number of nitrogens with one attached hydrogen (secondary N) is 2. The summed E-state index contributed by atoms with van der Waals surface area (Å²) in [6, 6.07) is 1.83. The van der Waals surface area contributed by atoms with Crippen LogP contribution in [0.15, 0.2) is 10.4 Å². The van der Waals surface area contributed by atoms with Gasteiger partial charge in [0.25, 0.3) is 0 Å². The third kappa shape index (κ3) is 4.71. The van der Waals surface area contributed by atoms with Crippen molar-refractivity contribution < 1.29 is 4.79 Å². The van der Waals surface area contributed by atoms with Crippen molar-refractivity contribution in [2.24, 2.45) is 7.05 Å². The average molecular weight is 326 g/mol. The summed E-state index contributed by atoms with van der Waals surface area (Å²) in [4.78, 5) is 11.9. The minimum absolute atomic E-state index is 0.0822. The molecular weight excluding hydrogens is 308 g/mol. The Morgan fingerprint density at radius 1 is 1.48 bits per heavy atom. The maximum atomic E-state index is 11.9. The molecule has 9 heteroatoms. The number of hydrogen-bond acceptors (Lipinski definition) is 7. The summed E-state index contributed by atoms with van der Waals surface area (Å²) in [5, 5.41) is 19.0. The molecule has 0 atom stereocenters. The van der Waals surface area contributed by atoms with Crippen molar-refractivity contribution in [3.63, 3.8) is 0 Å². The largest absolute Gasteiger partial charge is 0.360 e. The highest BCUT2D eigenvalue weighted by Crippen LogP contribution is 2.25. The molecule has 0 bridgehead atoms. The highest BCUT2D eigenvalue weighted by molar-refractivity contribution is 8.01. The van der Waals surface area contributed by atoms with Gasteiger partial charge in [0.05, 0.1) is 11.4 Å². The fraction of sp³-hybridized carbons (Fsp3) is 0.500. The molecule has 7 nitrogen and oxygen atoms in total. The fourth-order valence-electron chi connectivity index (χ4n) is 1.61. The number of rotatable bonds is 7. The third-order valence-electron chi connectivity index (χ3n) is 2.53. The molecule has 114 valence electrons. The summed E-state index contributed by atoms with van der Waals surface area (Å²) in [5.74, 6) is 0.911. The molecule has 0 unspecified atom stereocenters. The molecule has 2 heterocycles. The van der Waals surface area contributed by atoms with Crippen LogP contribution >= 0.6 is 23.1 Å². The van der Waals surface area contributed by atoms with Crippen LogP contribution in [-0.4, -0.2) is 38.2 Å². The summed E-state index contributed by atoms with van der Waals surface area (Å²) >= 11 is 2.84. The zero-order valence-electron chi connectivity index (χ0n) is 12.2. The smallest absolute Gasteiger partial charge is 0.235 e. The van der Waals surface area contributed by atoms with E-state index in [9.17, 15) is 4.79 Å². The number of aromatic nitrogens is 4. The Bertz CT molecular complexity index is 609.